The number of halogens is 1. The molecular formula is C16H20FNO3. The average Bonchev–Trinajstić information content (AvgIpc) is 2.52. The van der Waals surface area contributed by atoms with Gasteiger partial charge in [-0.3, -0.25) is 4.79 Å². The summed E-state index contributed by atoms with van der Waals surface area (Å²) in [6.45, 7) is 2.73. The van der Waals surface area contributed by atoms with Gasteiger partial charge in [0.1, 0.15) is 5.82 Å². The van der Waals surface area contributed by atoms with Gasteiger partial charge in [0, 0.05) is 18.2 Å². The van der Waals surface area contributed by atoms with Gasteiger partial charge in [-0.1, -0.05) is 6.92 Å². The Kier molecular flexibility index (Phi) is 4.94. The van der Waals surface area contributed by atoms with Crippen LogP contribution in [0.2, 0.25) is 0 Å². The van der Waals surface area contributed by atoms with E-state index in [1.807, 2.05) is 6.92 Å². The maximum absolute atomic E-state index is 13.7. The van der Waals surface area contributed by atoms with Crippen LogP contribution in [0.4, 0.5) is 4.39 Å². The van der Waals surface area contributed by atoms with Crippen molar-refractivity contribution >= 4 is 11.9 Å². The zero-order valence-electron chi connectivity index (χ0n) is 12.4. The summed E-state index contributed by atoms with van der Waals surface area (Å²) in [4.78, 5) is 25.9. The number of amides is 1. The monoisotopic (exact) mass is 293 g/mol. The first kappa shape index (κ1) is 15.5. The van der Waals surface area contributed by atoms with E-state index in [0.717, 1.165) is 31.7 Å². The van der Waals surface area contributed by atoms with Gasteiger partial charge in [-0.2, -0.15) is 0 Å². The molecule has 1 unspecified atom stereocenters. The van der Waals surface area contributed by atoms with Gasteiger partial charge in [0.15, 0.2) is 0 Å². The molecule has 1 fully saturated rings. The molecular weight excluding hydrogens is 273 g/mol. The molecule has 0 bridgehead atoms. The van der Waals surface area contributed by atoms with Crippen molar-refractivity contribution in [1.82, 2.24) is 4.90 Å². The fraction of sp³-hybridized carbons (Fsp3) is 0.500. The summed E-state index contributed by atoms with van der Waals surface area (Å²) in [6, 6.07) is 3.85. The van der Waals surface area contributed by atoms with Crippen LogP contribution in [0.1, 0.15) is 53.3 Å². The molecule has 0 N–H and O–H groups in total. The minimum absolute atomic E-state index is 0.0610. The molecule has 0 spiro atoms. The van der Waals surface area contributed by atoms with Crippen LogP contribution < -0.4 is 0 Å². The number of methoxy groups -OCH3 is 1. The summed E-state index contributed by atoms with van der Waals surface area (Å²) in [7, 11) is 1.23. The van der Waals surface area contributed by atoms with Gasteiger partial charge in [-0.15, -0.1) is 0 Å². The quantitative estimate of drug-likeness (QED) is 0.805. The largest absolute Gasteiger partial charge is 0.465 e. The second-order valence-corrected chi connectivity index (χ2v) is 5.28. The topological polar surface area (TPSA) is 46.6 Å². The predicted molar refractivity (Wildman–Crippen MR) is 76.7 cm³/mol. The molecule has 1 aromatic carbocycles. The second kappa shape index (κ2) is 6.70. The number of carbonyl (C=O) groups excluding carboxylic acids is 2. The number of hydrogen-bond donors (Lipinski definition) is 0. The van der Waals surface area contributed by atoms with Crippen LogP contribution in [-0.4, -0.2) is 36.5 Å². The summed E-state index contributed by atoms with van der Waals surface area (Å²) in [5.74, 6) is -1.47. The molecule has 1 atom stereocenters. The molecule has 4 nitrogen and oxygen atoms in total. The number of ether oxygens (including phenoxy) is 1. The third-order valence-electron chi connectivity index (χ3n) is 3.93. The third-order valence-corrected chi connectivity index (χ3v) is 3.93. The lowest BCUT2D eigenvalue weighted by Crippen LogP contribution is -2.43. The van der Waals surface area contributed by atoms with Crippen molar-refractivity contribution in [3.8, 4) is 0 Å². The number of benzene rings is 1. The summed E-state index contributed by atoms with van der Waals surface area (Å²) in [6.07, 6.45) is 3.92. The van der Waals surface area contributed by atoms with Crippen molar-refractivity contribution in [2.45, 2.75) is 38.6 Å². The van der Waals surface area contributed by atoms with Gasteiger partial charge in [0.05, 0.1) is 12.7 Å². The van der Waals surface area contributed by atoms with Crippen LogP contribution in [0.25, 0.3) is 0 Å². The first-order chi connectivity index (χ1) is 10.1. The molecule has 2 rings (SSSR count). The third kappa shape index (κ3) is 3.40. The van der Waals surface area contributed by atoms with Crippen molar-refractivity contribution in [1.29, 1.82) is 0 Å². The summed E-state index contributed by atoms with van der Waals surface area (Å²) < 4.78 is 18.2. The Balaban J connectivity index is 2.29. The van der Waals surface area contributed by atoms with Crippen LogP contribution in [0.15, 0.2) is 18.2 Å². The van der Waals surface area contributed by atoms with E-state index in [2.05, 4.69) is 4.74 Å². The molecule has 1 aliphatic heterocycles. The lowest BCUT2D eigenvalue weighted by atomic mass is 9.98. The van der Waals surface area contributed by atoms with Gasteiger partial charge in [-0.05, 0) is 43.9 Å². The van der Waals surface area contributed by atoms with Gasteiger partial charge in [0.25, 0.3) is 5.91 Å². The van der Waals surface area contributed by atoms with Crippen molar-refractivity contribution in [3.05, 3.63) is 35.1 Å². The summed E-state index contributed by atoms with van der Waals surface area (Å²) in [5.41, 5.74) is 0.265. The Bertz CT molecular complexity index is 544. The standard InChI is InChI=1S/C16H20FNO3/c1-3-14-6-4-5-7-18(14)15(19)11-8-12(16(20)21-2)10-13(17)9-11/h8-10,14H,3-7H2,1-2H3. The highest BCUT2D eigenvalue weighted by atomic mass is 19.1. The molecule has 21 heavy (non-hydrogen) atoms. The van der Waals surface area contributed by atoms with Crippen molar-refractivity contribution in [3.63, 3.8) is 0 Å². The van der Waals surface area contributed by atoms with Crippen molar-refractivity contribution in [2.24, 2.45) is 0 Å². The lowest BCUT2D eigenvalue weighted by molar-refractivity contribution is 0.0599. The SMILES string of the molecule is CCC1CCCCN1C(=O)c1cc(F)cc(C(=O)OC)c1. The fourth-order valence-electron chi connectivity index (χ4n) is 2.81. The van der Waals surface area contributed by atoms with E-state index >= 15 is 0 Å². The Hall–Kier alpha value is -1.91. The van der Waals surface area contributed by atoms with Gasteiger partial charge in [0.2, 0.25) is 0 Å². The fourth-order valence-corrected chi connectivity index (χ4v) is 2.81. The molecule has 114 valence electrons. The maximum atomic E-state index is 13.7. The smallest absolute Gasteiger partial charge is 0.337 e. The first-order valence-corrected chi connectivity index (χ1v) is 7.26. The maximum Gasteiger partial charge on any atom is 0.337 e. The van der Waals surface area contributed by atoms with Crippen LogP contribution in [-0.2, 0) is 4.74 Å². The minimum atomic E-state index is -0.644. The highest BCUT2D eigenvalue weighted by Crippen LogP contribution is 2.22. The Labute approximate surface area is 123 Å². The van der Waals surface area contributed by atoms with E-state index in [4.69, 9.17) is 0 Å². The molecule has 0 radical (unpaired) electrons. The molecule has 0 saturated carbocycles. The zero-order chi connectivity index (χ0) is 15.4. The molecule has 0 aliphatic carbocycles. The molecule has 0 aromatic heterocycles. The minimum Gasteiger partial charge on any atom is -0.465 e. The van der Waals surface area contributed by atoms with Crippen LogP contribution in [0.3, 0.4) is 0 Å². The Morgan fingerprint density at radius 1 is 1.29 bits per heavy atom. The molecule has 1 saturated heterocycles. The van der Waals surface area contributed by atoms with Crippen LogP contribution >= 0.6 is 0 Å². The molecule has 1 aromatic rings. The Morgan fingerprint density at radius 2 is 2.00 bits per heavy atom. The van der Waals surface area contributed by atoms with Gasteiger partial charge < -0.3 is 9.64 Å². The molecule has 1 heterocycles. The number of carbonyl (C=O) groups is 2. The molecule has 5 heteroatoms. The lowest BCUT2D eigenvalue weighted by Gasteiger charge is -2.35. The number of piperidine rings is 1. The van der Waals surface area contributed by atoms with Crippen LogP contribution in [0.5, 0.6) is 0 Å². The van der Waals surface area contributed by atoms with E-state index in [0.29, 0.717) is 6.54 Å². The molecule has 1 aliphatic rings. The van der Waals surface area contributed by atoms with E-state index in [1.165, 1.54) is 19.2 Å². The van der Waals surface area contributed by atoms with E-state index in [-0.39, 0.29) is 23.1 Å². The number of likely N-dealkylation sites (tertiary alicyclic amines) is 1. The highest BCUT2D eigenvalue weighted by molar-refractivity contribution is 5.98. The highest BCUT2D eigenvalue weighted by Gasteiger charge is 2.27. The summed E-state index contributed by atoms with van der Waals surface area (Å²) in [5, 5.41) is 0. The number of rotatable bonds is 3. The van der Waals surface area contributed by atoms with Crippen LogP contribution in [0, 0.1) is 5.82 Å². The number of nitrogens with zero attached hydrogens (tertiary/aromatic N) is 1. The normalized spacial score (nSPS) is 18.4. The molecule has 1 amide bonds. The predicted octanol–water partition coefficient (Wildman–Crippen LogP) is 3.02. The average molecular weight is 293 g/mol. The zero-order valence-corrected chi connectivity index (χ0v) is 12.4. The summed E-state index contributed by atoms with van der Waals surface area (Å²) >= 11 is 0. The van der Waals surface area contributed by atoms with Gasteiger partial charge in [-0.25, -0.2) is 9.18 Å². The van der Waals surface area contributed by atoms with Crippen molar-refractivity contribution in [2.75, 3.05) is 13.7 Å². The van der Waals surface area contributed by atoms with E-state index in [1.54, 1.807) is 4.90 Å². The number of hydrogen-bond acceptors (Lipinski definition) is 3. The van der Waals surface area contributed by atoms with E-state index < -0.39 is 11.8 Å². The second-order valence-electron chi connectivity index (χ2n) is 5.28. The van der Waals surface area contributed by atoms with E-state index in [9.17, 15) is 14.0 Å². The Morgan fingerprint density at radius 3 is 2.67 bits per heavy atom. The van der Waals surface area contributed by atoms with Gasteiger partial charge >= 0.3 is 5.97 Å². The van der Waals surface area contributed by atoms with Crippen molar-refractivity contribution < 1.29 is 18.7 Å². The first-order valence-electron chi connectivity index (χ1n) is 7.26. The number of esters is 1.